The molecule has 0 aliphatic heterocycles. The molecule has 20 heavy (non-hydrogen) atoms. The second kappa shape index (κ2) is 6.18. The van der Waals surface area contributed by atoms with E-state index in [2.05, 4.69) is 15.3 Å². The fraction of sp³-hybridized carbons (Fsp3) is 0.357. The van der Waals surface area contributed by atoms with Crippen LogP contribution in [0.2, 0.25) is 0 Å². The number of nitrogens with one attached hydrogen (secondary N) is 2. The van der Waals surface area contributed by atoms with Crippen molar-refractivity contribution in [2.45, 2.75) is 19.8 Å². The van der Waals surface area contributed by atoms with Crippen LogP contribution in [0.25, 0.3) is 11.0 Å². The van der Waals surface area contributed by atoms with Crippen LogP contribution in [0.5, 0.6) is 0 Å². The zero-order valence-corrected chi connectivity index (χ0v) is 11.2. The molecule has 0 bridgehead atoms. The first kappa shape index (κ1) is 14.0. The molecule has 6 heteroatoms. The second-order valence-electron chi connectivity index (χ2n) is 4.77. The van der Waals surface area contributed by atoms with Crippen LogP contribution in [0.3, 0.4) is 0 Å². The van der Waals surface area contributed by atoms with Gasteiger partial charge in [-0.3, -0.25) is 9.59 Å². The number of amides is 1. The molecule has 0 fully saturated rings. The van der Waals surface area contributed by atoms with Crippen molar-refractivity contribution in [3.63, 3.8) is 0 Å². The predicted octanol–water partition coefficient (Wildman–Crippen LogP) is 1.79. The largest absolute Gasteiger partial charge is 0.481 e. The summed E-state index contributed by atoms with van der Waals surface area (Å²) < 4.78 is 0. The van der Waals surface area contributed by atoms with Crippen molar-refractivity contribution >= 4 is 22.9 Å². The van der Waals surface area contributed by atoms with Gasteiger partial charge in [-0.1, -0.05) is 6.92 Å². The number of aromatic amines is 1. The summed E-state index contributed by atoms with van der Waals surface area (Å²) in [5.74, 6) is -1.35. The highest BCUT2D eigenvalue weighted by atomic mass is 16.4. The van der Waals surface area contributed by atoms with E-state index in [4.69, 9.17) is 5.11 Å². The number of aliphatic carboxylic acids is 1. The number of hydrogen-bond donors (Lipinski definition) is 3. The topological polar surface area (TPSA) is 95.1 Å². The zero-order valence-electron chi connectivity index (χ0n) is 11.2. The van der Waals surface area contributed by atoms with Crippen LogP contribution in [0.4, 0.5) is 0 Å². The molecule has 3 N–H and O–H groups in total. The molecule has 0 radical (unpaired) electrons. The maximum atomic E-state index is 11.9. The summed E-state index contributed by atoms with van der Waals surface area (Å²) >= 11 is 0. The van der Waals surface area contributed by atoms with Gasteiger partial charge in [0.1, 0.15) is 0 Å². The fourth-order valence-electron chi connectivity index (χ4n) is 1.91. The number of carbonyl (C=O) groups excluding carboxylic acids is 1. The molecule has 6 nitrogen and oxygen atoms in total. The van der Waals surface area contributed by atoms with E-state index in [9.17, 15) is 9.59 Å². The molecule has 1 unspecified atom stereocenters. The van der Waals surface area contributed by atoms with Gasteiger partial charge in [-0.25, -0.2) is 4.98 Å². The average molecular weight is 275 g/mol. The molecular formula is C14H17N3O3. The number of carbonyl (C=O) groups is 2. The Kier molecular flexibility index (Phi) is 4.34. The molecule has 2 aromatic rings. The predicted molar refractivity (Wildman–Crippen MR) is 74.5 cm³/mol. The number of H-pyrrole nitrogens is 1. The summed E-state index contributed by atoms with van der Waals surface area (Å²) in [7, 11) is 0. The summed E-state index contributed by atoms with van der Waals surface area (Å²) in [6, 6.07) is 5.25. The van der Waals surface area contributed by atoms with Gasteiger partial charge in [-0.05, 0) is 31.0 Å². The molecule has 1 atom stereocenters. The first-order chi connectivity index (χ1) is 9.58. The van der Waals surface area contributed by atoms with Crippen LogP contribution in [-0.2, 0) is 4.79 Å². The van der Waals surface area contributed by atoms with Gasteiger partial charge in [0.05, 0.1) is 23.3 Å². The maximum Gasteiger partial charge on any atom is 0.306 e. The minimum atomic E-state index is -0.805. The number of carboxylic acid groups (broad SMARTS) is 1. The highest BCUT2D eigenvalue weighted by Gasteiger charge is 2.11. The third-order valence-electron chi connectivity index (χ3n) is 3.20. The Balaban J connectivity index is 1.84. The minimum Gasteiger partial charge on any atom is -0.481 e. The molecular weight excluding hydrogens is 258 g/mol. The Bertz CT molecular complexity index is 621. The van der Waals surface area contributed by atoms with Crippen molar-refractivity contribution in [1.82, 2.24) is 15.3 Å². The van der Waals surface area contributed by atoms with Crippen LogP contribution >= 0.6 is 0 Å². The highest BCUT2D eigenvalue weighted by Crippen LogP contribution is 2.11. The summed E-state index contributed by atoms with van der Waals surface area (Å²) in [6.07, 6.45) is 2.78. The first-order valence-electron chi connectivity index (χ1n) is 6.52. The quantitative estimate of drug-likeness (QED) is 0.700. The number of imidazole rings is 1. The van der Waals surface area contributed by atoms with E-state index in [-0.39, 0.29) is 11.8 Å². The van der Waals surface area contributed by atoms with Gasteiger partial charge < -0.3 is 15.4 Å². The molecule has 1 amide bonds. The van der Waals surface area contributed by atoms with Gasteiger partial charge in [0, 0.05) is 12.1 Å². The van der Waals surface area contributed by atoms with Crippen molar-refractivity contribution in [3.05, 3.63) is 30.1 Å². The standard InChI is InChI=1S/C14H17N3O3/c1-9(14(19)20)3-2-6-15-13(18)10-4-5-11-12(7-10)17-8-16-11/h4-5,7-9H,2-3,6H2,1H3,(H,15,18)(H,16,17)(H,19,20). The molecule has 1 aromatic carbocycles. The summed E-state index contributed by atoms with van der Waals surface area (Å²) in [5, 5.41) is 11.5. The Morgan fingerprint density at radius 3 is 3.00 bits per heavy atom. The Hall–Kier alpha value is -2.37. The molecule has 2 rings (SSSR count). The van der Waals surface area contributed by atoms with Gasteiger partial charge in [-0.15, -0.1) is 0 Å². The molecule has 1 aromatic heterocycles. The number of carboxylic acids is 1. The van der Waals surface area contributed by atoms with E-state index >= 15 is 0 Å². The number of nitrogens with zero attached hydrogens (tertiary/aromatic N) is 1. The van der Waals surface area contributed by atoms with Crippen LogP contribution in [0.1, 0.15) is 30.1 Å². The third-order valence-corrected chi connectivity index (χ3v) is 3.20. The monoisotopic (exact) mass is 275 g/mol. The summed E-state index contributed by atoms with van der Waals surface area (Å²) in [5.41, 5.74) is 2.20. The highest BCUT2D eigenvalue weighted by molar-refractivity contribution is 5.97. The second-order valence-corrected chi connectivity index (χ2v) is 4.77. The number of aromatic nitrogens is 2. The number of hydrogen-bond acceptors (Lipinski definition) is 3. The molecule has 1 heterocycles. The van der Waals surface area contributed by atoms with Crippen molar-refractivity contribution in [3.8, 4) is 0 Å². The first-order valence-corrected chi connectivity index (χ1v) is 6.52. The van der Waals surface area contributed by atoms with Gasteiger partial charge in [0.25, 0.3) is 5.91 Å². The van der Waals surface area contributed by atoms with Crippen molar-refractivity contribution < 1.29 is 14.7 Å². The maximum absolute atomic E-state index is 11.9. The number of benzene rings is 1. The normalized spacial score (nSPS) is 12.2. The van der Waals surface area contributed by atoms with Gasteiger partial charge in [-0.2, -0.15) is 0 Å². The van der Waals surface area contributed by atoms with E-state index in [0.29, 0.717) is 24.9 Å². The average Bonchev–Trinajstić information content (AvgIpc) is 2.90. The van der Waals surface area contributed by atoms with Gasteiger partial charge in [0.15, 0.2) is 0 Å². The van der Waals surface area contributed by atoms with Crippen LogP contribution in [-0.4, -0.2) is 33.5 Å². The lowest BCUT2D eigenvalue weighted by Crippen LogP contribution is -2.25. The lowest BCUT2D eigenvalue weighted by molar-refractivity contribution is -0.141. The lowest BCUT2D eigenvalue weighted by Gasteiger charge is -2.07. The smallest absolute Gasteiger partial charge is 0.306 e. The Morgan fingerprint density at radius 2 is 2.25 bits per heavy atom. The summed E-state index contributed by atoms with van der Waals surface area (Å²) in [6.45, 7) is 2.13. The fourth-order valence-corrected chi connectivity index (χ4v) is 1.91. The van der Waals surface area contributed by atoms with Gasteiger partial charge >= 0.3 is 5.97 Å². The lowest BCUT2D eigenvalue weighted by atomic mass is 10.1. The molecule has 0 aliphatic rings. The van der Waals surface area contributed by atoms with Crippen molar-refractivity contribution in [1.29, 1.82) is 0 Å². The molecule has 0 saturated carbocycles. The van der Waals surface area contributed by atoms with Gasteiger partial charge in [0.2, 0.25) is 0 Å². The van der Waals surface area contributed by atoms with Crippen LogP contribution < -0.4 is 5.32 Å². The minimum absolute atomic E-state index is 0.163. The number of fused-ring (bicyclic) bond motifs is 1. The number of rotatable bonds is 6. The SMILES string of the molecule is CC(CCCNC(=O)c1ccc2nc[nH]c2c1)C(=O)O. The summed E-state index contributed by atoms with van der Waals surface area (Å²) in [4.78, 5) is 29.6. The van der Waals surface area contributed by atoms with E-state index in [1.165, 1.54) is 0 Å². The van der Waals surface area contributed by atoms with E-state index in [0.717, 1.165) is 11.0 Å². The third kappa shape index (κ3) is 3.34. The molecule has 0 aliphatic carbocycles. The molecule has 0 spiro atoms. The van der Waals surface area contributed by atoms with Crippen LogP contribution in [0.15, 0.2) is 24.5 Å². The van der Waals surface area contributed by atoms with E-state index in [1.807, 2.05) is 0 Å². The molecule has 0 saturated heterocycles. The zero-order chi connectivity index (χ0) is 14.5. The van der Waals surface area contributed by atoms with E-state index in [1.54, 1.807) is 31.5 Å². The molecule has 106 valence electrons. The van der Waals surface area contributed by atoms with Crippen molar-refractivity contribution in [2.24, 2.45) is 5.92 Å². The van der Waals surface area contributed by atoms with E-state index < -0.39 is 5.97 Å². The Morgan fingerprint density at radius 1 is 1.45 bits per heavy atom. The van der Waals surface area contributed by atoms with Crippen LogP contribution in [0, 0.1) is 5.92 Å². The Labute approximate surface area is 116 Å². The van der Waals surface area contributed by atoms with Crippen molar-refractivity contribution in [2.75, 3.05) is 6.54 Å².